The van der Waals surface area contributed by atoms with Gasteiger partial charge < -0.3 is 19.9 Å². The van der Waals surface area contributed by atoms with Gasteiger partial charge in [-0.1, -0.05) is 13.3 Å². The van der Waals surface area contributed by atoms with Gasteiger partial charge in [0, 0.05) is 17.4 Å². The monoisotopic (exact) mass is 276 g/mol. The molecule has 0 atom stereocenters. The molecule has 0 aliphatic carbocycles. The highest BCUT2D eigenvalue weighted by Gasteiger charge is 2.19. The number of aryl methyl sites for hydroxylation is 1. The molecule has 108 valence electrons. The van der Waals surface area contributed by atoms with Gasteiger partial charge in [0.1, 0.15) is 0 Å². The lowest BCUT2D eigenvalue weighted by Gasteiger charge is -2.16. The fourth-order valence-electron chi connectivity index (χ4n) is 2.33. The zero-order valence-electron chi connectivity index (χ0n) is 12.3. The maximum absolute atomic E-state index is 6.16. The molecule has 2 N–H and O–H groups in total. The second kappa shape index (κ2) is 5.86. The third-order valence-corrected chi connectivity index (χ3v) is 3.19. The highest BCUT2D eigenvalue weighted by atomic mass is 16.5. The summed E-state index contributed by atoms with van der Waals surface area (Å²) in [6, 6.07) is 3.71. The molecule has 0 saturated carbocycles. The van der Waals surface area contributed by atoms with E-state index in [1.54, 1.807) is 21.3 Å². The zero-order valence-corrected chi connectivity index (χ0v) is 12.3. The van der Waals surface area contributed by atoms with Crippen LogP contribution in [0.4, 0.5) is 5.69 Å². The smallest absolute Gasteiger partial charge is 0.204 e. The van der Waals surface area contributed by atoms with Gasteiger partial charge in [0.15, 0.2) is 11.5 Å². The molecular formula is C15H20N2O3. The predicted octanol–water partition coefficient (Wildman–Crippen LogP) is 2.80. The Morgan fingerprint density at radius 2 is 1.75 bits per heavy atom. The number of hydrogen-bond acceptors (Lipinski definition) is 5. The molecule has 0 saturated heterocycles. The van der Waals surface area contributed by atoms with E-state index in [0.717, 1.165) is 29.4 Å². The number of methoxy groups -OCH3 is 3. The molecule has 0 radical (unpaired) electrons. The van der Waals surface area contributed by atoms with Gasteiger partial charge in [-0.15, -0.1) is 0 Å². The van der Waals surface area contributed by atoms with Crippen LogP contribution in [0.2, 0.25) is 0 Å². The van der Waals surface area contributed by atoms with E-state index in [-0.39, 0.29) is 0 Å². The lowest BCUT2D eigenvalue weighted by Crippen LogP contribution is -2.01. The second-order valence-corrected chi connectivity index (χ2v) is 4.49. The van der Waals surface area contributed by atoms with Gasteiger partial charge in [0.25, 0.3) is 0 Å². The molecule has 0 spiro atoms. The number of ether oxygens (including phenoxy) is 3. The topological polar surface area (TPSA) is 66.6 Å². The predicted molar refractivity (Wildman–Crippen MR) is 79.8 cm³/mol. The summed E-state index contributed by atoms with van der Waals surface area (Å²) in [6.45, 7) is 2.11. The van der Waals surface area contributed by atoms with Crippen molar-refractivity contribution in [2.75, 3.05) is 27.1 Å². The Kier molecular flexibility index (Phi) is 4.17. The molecule has 2 aromatic rings. The third kappa shape index (κ3) is 2.31. The van der Waals surface area contributed by atoms with Crippen molar-refractivity contribution in [1.29, 1.82) is 0 Å². The summed E-state index contributed by atoms with van der Waals surface area (Å²) < 4.78 is 16.2. The van der Waals surface area contributed by atoms with E-state index in [4.69, 9.17) is 19.9 Å². The van der Waals surface area contributed by atoms with Gasteiger partial charge in [0.05, 0.1) is 32.2 Å². The Balaban J connectivity index is 2.80. The molecule has 1 aromatic heterocycles. The van der Waals surface area contributed by atoms with Crippen molar-refractivity contribution >= 4 is 16.6 Å². The van der Waals surface area contributed by atoms with E-state index >= 15 is 0 Å². The zero-order chi connectivity index (χ0) is 14.7. The number of benzene rings is 1. The molecule has 0 fully saturated rings. The average Bonchev–Trinajstić information content (AvgIpc) is 2.45. The van der Waals surface area contributed by atoms with Crippen LogP contribution in [-0.2, 0) is 6.42 Å². The van der Waals surface area contributed by atoms with E-state index in [1.807, 2.05) is 12.1 Å². The van der Waals surface area contributed by atoms with Crippen molar-refractivity contribution in [3.63, 3.8) is 0 Å². The highest BCUT2D eigenvalue weighted by molar-refractivity contribution is 5.99. The summed E-state index contributed by atoms with van der Waals surface area (Å²) in [4.78, 5) is 4.62. The molecule has 0 aliphatic rings. The van der Waals surface area contributed by atoms with E-state index in [9.17, 15) is 0 Å². The van der Waals surface area contributed by atoms with Crippen LogP contribution in [0, 0.1) is 0 Å². The van der Waals surface area contributed by atoms with E-state index in [0.29, 0.717) is 22.9 Å². The van der Waals surface area contributed by atoms with Crippen LogP contribution in [0.25, 0.3) is 10.9 Å². The summed E-state index contributed by atoms with van der Waals surface area (Å²) >= 11 is 0. The van der Waals surface area contributed by atoms with E-state index < -0.39 is 0 Å². The first-order valence-electron chi connectivity index (χ1n) is 6.54. The Bertz CT molecular complexity index is 626. The molecule has 0 unspecified atom stereocenters. The highest BCUT2D eigenvalue weighted by Crippen LogP contribution is 2.44. The SMILES string of the molecule is CCCc1cc(N)c2c(OC)c(OC)c(OC)cc2n1. The van der Waals surface area contributed by atoms with Crippen molar-refractivity contribution in [2.24, 2.45) is 0 Å². The minimum absolute atomic E-state index is 0.527. The third-order valence-electron chi connectivity index (χ3n) is 3.19. The fraction of sp³-hybridized carbons (Fsp3) is 0.400. The molecule has 5 nitrogen and oxygen atoms in total. The fourth-order valence-corrected chi connectivity index (χ4v) is 2.33. The van der Waals surface area contributed by atoms with Gasteiger partial charge in [-0.05, 0) is 12.5 Å². The number of rotatable bonds is 5. The molecule has 2 rings (SSSR count). The van der Waals surface area contributed by atoms with Crippen LogP contribution >= 0.6 is 0 Å². The van der Waals surface area contributed by atoms with Crippen molar-refractivity contribution in [1.82, 2.24) is 4.98 Å². The average molecular weight is 276 g/mol. The number of nitrogens with zero attached hydrogens (tertiary/aromatic N) is 1. The first-order valence-corrected chi connectivity index (χ1v) is 6.54. The van der Waals surface area contributed by atoms with Gasteiger partial charge in [-0.3, -0.25) is 4.98 Å². The van der Waals surface area contributed by atoms with Crippen molar-refractivity contribution < 1.29 is 14.2 Å². The number of aromatic nitrogens is 1. The van der Waals surface area contributed by atoms with Crippen LogP contribution in [0.5, 0.6) is 17.2 Å². The Hall–Kier alpha value is -2.17. The summed E-state index contributed by atoms with van der Waals surface area (Å²) in [5, 5.41) is 0.755. The molecule has 1 aromatic carbocycles. The molecule has 5 heteroatoms. The summed E-state index contributed by atoms with van der Waals surface area (Å²) in [7, 11) is 4.74. The van der Waals surface area contributed by atoms with Crippen LogP contribution in [0.15, 0.2) is 12.1 Å². The molecule has 0 amide bonds. The Morgan fingerprint density at radius 3 is 2.30 bits per heavy atom. The maximum atomic E-state index is 6.16. The van der Waals surface area contributed by atoms with Crippen molar-refractivity contribution in [3.05, 3.63) is 17.8 Å². The standard InChI is InChI=1S/C15H20N2O3/c1-5-6-9-7-10(16)13-11(17-9)8-12(18-2)14(19-3)15(13)20-4/h7-8H,5-6H2,1-4H3,(H2,16,17). The molecule has 0 bridgehead atoms. The quantitative estimate of drug-likeness (QED) is 0.909. The molecular weight excluding hydrogens is 256 g/mol. The first-order chi connectivity index (χ1) is 9.65. The Labute approximate surface area is 118 Å². The summed E-state index contributed by atoms with van der Waals surface area (Å²) in [5.41, 5.74) is 8.52. The molecule has 1 heterocycles. The number of nitrogen functional groups attached to an aromatic ring is 1. The van der Waals surface area contributed by atoms with Crippen LogP contribution < -0.4 is 19.9 Å². The number of nitrogens with two attached hydrogens (primary N) is 1. The number of fused-ring (bicyclic) bond motifs is 1. The van der Waals surface area contributed by atoms with Gasteiger partial charge in [-0.25, -0.2) is 0 Å². The number of pyridine rings is 1. The first kappa shape index (κ1) is 14.2. The second-order valence-electron chi connectivity index (χ2n) is 4.49. The van der Waals surface area contributed by atoms with Gasteiger partial charge >= 0.3 is 0 Å². The maximum Gasteiger partial charge on any atom is 0.204 e. The van der Waals surface area contributed by atoms with Crippen molar-refractivity contribution in [3.8, 4) is 17.2 Å². The number of hydrogen-bond donors (Lipinski definition) is 1. The largest absolute Gasteiger partial charge is 0.493 e. The van der Waals surface area contributed by atoms with Gasteiger partial charge in [-0.2, -0.15) is 0 Å². The van der Waals surface area contributed by atoms with Crippen LogP contribution in [-0.4, -0.2) is 26.3 Å². The molecule has 20 heavy (non-hydrogen) atoms. The minimum Gasteiger partial charge on any atom is -0.493 e. The van der Waals surface area contributed by atoms with Crippen LogP contribution in [0.3, 0.4) is 0 Å². The lowest BCUT2D eigenvalue weighted by molar-refractivity contribution is 0.327. The van der Waals surface area contributed by atoms with E-state index in [2.05, 4.69) is 11.9 Å². The van der Waals surface area contributed by atoms with E-state index in [1.165, 1.54) is 0 Å². The Morgan fingerprint density at radius 1 is 1.05 bits per heavy atom. The molecule has 0 aliphatic heterocycles. The number of anilines is 1. The lowest BCUT2D eigenvalue weighted by atomic mass is 10.1. The van der Waals surface area contributed by atoms with Crippen LogP contribution in [0.1, 0.15) is 19.0 Å². The normalized spacial score (nSPS) is 10.6. The minimum atomic E-state index is 0.527. The van der Waals surface area contributed by atoms with Crippen molar-refractivity contribution in [2.45, 2.75) is 19.8 Å². The summed E-state index contributed by atoms with van der Waals surface area (Å²) in [5.74, 6) is 1.66. The van der Waals surface area contributed by atoms with Gasteiger partial charge in [0.2, 0.25) is 5.75 Å². The summed E-state index contributed by atoms with van der Waals surface area (Å²) in [6.07, 6.45) is 1.90.